The van der Waals surface area contributed by atoms with Crippen molar-refractivity contribution >= 4 is 16.9 Å². The van der Waals surface area contributed by atoms with Crippen LogP contribution in [0.1, 0.15) is 25.3 Å². The van der Waals surface area contributed by atoms with Gasteiger partial charge in [0.15, 0.2) is 0 Å². The average Bonchev–Trinajstić information content (AvgIpc) is 2.58. The van der Waals surface area contributed by atoms with Crippen LogP contribution in [-0.2, 0) is 16.1 Å². The summed E-state index contributed by atoms with van der Waals surface area (Å²) in [6.07, 6.45) is 3.20. The molecule has 23 heavy (non-hydrogen) atoms. The van der Waals surface area contributed by atoms with Gasteiger partial charge in [0.25, 0.3) is 0 Å². The van der Waals surface area contributed by atoms with Gasteiger partial charge in [-0.25, -0.2) is 0 Å². The fraction of sp³-hybridized carbons (Fsp3) is 0.444. The summed E-state index contributed by atoms with van der Waals surface area (Å²) in [6.45, 7) is 4.65. The number of para-hydroxylation sites is 1. The number of hydrogen-bond acceptors (Lipinski definition) is 4. The Labute approximate surface area is 134 Å². The van der Waals surface area contributed by atoms with Crippen LogP contribution in [0.15, 0.2) is 39.7 Å². The van der Waals surface area contributed by atoms with E-state index in [9.17, 15) is 9.59 Å². The largest absolute Gasteiger partial charge is 0.466 e. The lowest BCUT2D eigenvalue weighted by molar-refractivity contribution is -0.919. The molecule has 5 heteroatoms. The van der Waals surface area contributed by atoms with E-state index in [1.807, 2.05) is 19.1 Å². The maximum atomic E-state index is 12.5. The Hall–Kier alpha value is -2.14. The molecule has 0 aliphatic carbocycles. The van der Waals surface area contributed by atoms with Crippen LogP contribution in [-0.4, -0.2) is 25.7 Å². The van der Waals surface area contributed by atoms with Gasteiger partial charge >= 0.3 is 5.97 Å². The molecule has 1 aromatic heterocycles. The molecule has 0 spiro atoms. The van der Waals surface area contributed by atoms with Crippen LogP contribution in [0.3, 0.4) is 0 Å². The van der Waals surface area contributed by atoms with E-state index in [0.717, 1.165) is 25.9 Å². The lowest BCUT2D eigenvalue weighted by Gasteiger charge is -2.27. The maximum absolute atomic E-state index is 12.5. The second kappa shape index (κ2) is 6.96. The molecule has 2 aromatic rings. The predicted molar refractivity (Wildman–Crippen MR) is 86.2 cm³/mol. The van der Waals surface area contributed by atoms with E-state index in [1.165, 1.54) is 4.90 Å². The number of carbonyl (C=O) groups is 1. The van der Waals surface area contributed by atoms with Gasteiger partial charge in [-0.3, -0.25) is 9.59 Å². The summed E-state index contributed by atoms with van der Waals surface area (Å²) in [5, 5.41) is 0.630. The van der Waals surface area contributed by atoms with Gasteiger partial charge in [-0.05, 0) is 19.1 Å². The van der Waals surface area contributed by atoms with Gasteiger partial charge in [0, 0.05) is 12.8 Å². The molecule has 122 valence electrons. The molecule has 0 bridgehead atoms. The summed E-state index contributed by atoms with van der Waals surface area (Å²) in [6, 6.07) is 7.31. The van der Waals surface area contributed by atoms with Gasteiger partial charge in [-0.1, -0.05) is 12.1 Å². The van der Waals surface area contributed by atoms with Crippen molar-refractivity contribution in [1.29, 1.82) is 0 Å². The van der Waals surface area contributed by atoms with Crippen molar-refractivity contribution in [2.75, 3.05) is 19.7 Å². The van der Waals surface area contributed by atoms with Gasteiger partial charge in [0.2, 0.25) is 5.43 Å². The minimum Gasteiger partial charge on any atom is -0.466 e. The van der Waals surface area contributed by atoms with E-state index in [1.54, 1.807) is 18.4 Å². The molecule has 1 aromatic carbocycles. The first kappa shape index (κ1) is 15.7. The third kappa shape index (κ3) is 3.45. The molecular formula is C18H22NO4+. The van der Waals surface area contributed by atoms with E-state index in [2.05, 4.69) is 0 Å². The summed E-state index contributed by atoms with van der Waals surface area (Å²) in [5.41, 5.74) is 1.37. The number of rotatable bonds is 4. The molecule has 0 radical (unpaired) electrons. The van der Waals surface area contributed by atoms with E-state index in [4.69, 9.17) is 9.15 Å². The highest BCUT2D eigenvalue weighted by atomic mass is 16.5. The lowest BCUT2D eigenvalue weighted by Crippen LogP contribution is -3.12. The third-order valence-corrected chi connectivity index (χ3v) is 4.50. The van der Waals surface area contributed by atoms with Crippen molar-refractivity contribution < 1.29 is 18.8 Å². The number of benzene rings is 1. The van der Waals surface area contributed by atoms with Crippen molar-refractivity contribution in [2.24, 2.45) is 5.92 Å². The number of nitrogens with one attached hydrogen (secondary N) is 1. The first-order valence-electron chi connectivity index (χ1n) is 8.18. The first-order valence-corrected chi connectivity index (χ1v) is 8.18. The molecule has 3 rings (SSSR count). The van der Waals surface area contributed by atoms with Crippen molar-refractivity contribution in [1.82, 2.24) is 0 Å². The average molecular weight is 316 g/mol. The standard InChI is InChI=1S/C18H21NO4/c1-2-22-18(21)13-7-9-19(10-8-13)11-14-12-23-16-6-4-3-5-15(16)17(14)20/h3-6,12-13H,2,7-11H2,1H3/p+1. The van der Waals surface area contributed by atoms with E-state index >= 15 is 0 Å². The van der Waals surface area contributed by atoms with Crippen molar-refractivity contribution in [2.45, 2.75) is 26.3 Å². The smallest absolute Gasteiger partial charge is 0.309 e. The Morgan fingerprint density at radius 3 is 2.78 bits per heavy atom. The van der Waals surface area contributed by atoms with Crippen molar-refractivity contribution in [3.05, 3.63) is 46.3 Å². The summed E-state index contributed by atoms with van der Waals surface area (Å²) in [5.74, 6) is -0.0801. The highest BCUT2D eigenvalue weighted by Gasteiger charge is 2.28. The Bertz CT molecular complexity index is 744. The number of hydrogen-bond donors (Lipinski definition) is 1. The highest BCUT2D eigenvalue weighted by molar-refractivity contribution is 5.76. The molecule has 0 atom stereocenters. The number of likely N-dealkylation sites (tertiary alicyclic amines) is 1. The molecule has 1 saturated heterocycles. The van der Waals surface area contributed by atoms with Crippen LogP contribution >= 0.6 is 0 Å². The Morgan fingerprint density at radius 2 is 2.04 bits per heavy atom. The summed E-state index contributed by atoms with van der Waals surface area (Å²) < 4.78 is 10.7. The lowest BCUT2D eigenvalue weighted by atomic mass is 9.96. The molecule has 0 unspecified atom stereocenters. The Balaban J connectivity index is 1.66. The van der Waals surface area contributed by atoms with Gasteiger partial charge < -0.3 is 14.1 Å². The molecule has 1 fully saturated rings. The molecule has 0 amide bonds. The topological polar surface area (TPSA) is 61.0 Å². The molecule has 1 aliphatic rings. The number of ether oxygens (including phenoxy) is 1. The normalized spacial score (nSPS) is 21.3. The highest BCUT2D eigenvalue weighted by Crippen LogP contribution is 2.13. The summed E-state index contributed by atoms with van der Waals surface area (Å²) in [4.78, 5) is 25.6. The third-order valence-electron chi connectivity index (χ3n) is 4.50. The summed E-state index contributed by atoms with van der Waals surface area (Å²) >= 11 is 0. The first-order chi connectivity index (χ1) is 11.2. The second-order valence-corrected chi connectivity index (χ2v) is 6.04. The number of fused-ring (bicyclic) bond motifs is 1. The van der Waals surface area contributed by atoms with Crippen molar-refractivity contribution in [3.63, 3.8) is 0 Å². The van der Waals surface area contributed by atoms with Gasteiger partial charge in [0.05, 0.1) is 36.6 Å². The van der Waals surface area contributed by atoms with Crippen LogP contribution < -0.4 is 10.3 Å². The molecule has 1 N–H and O–H groups in total. The molecule has 2 heterocycles. The Morgan fingerprint density at radius 1 is 1.30 bits per heavy atom. The maximum Gasteiger partial charge on any atom is 0.309 e. The van der Waals surface area contributed by atoms with E-state index in [0.29, 0.717) is 29.7 Å². The zero-order valence-electron chi connectivity index (χ0n) is 13.3. The van der Waals surface area contributed by atoms with Crippen LogP contribution in [0.4, 0.5) is 0 Å². The minimum absolute atomic E-state index is 0.00622. The van der Waals surface area contributed by atoms with E-state index in [-0.39, 0.29) is 17.3 Å². The summed E-state index contributed by atoms with van der Waals surface area (Å²) in [7, 11) is 0. The Kier molecular flexibility index (Phi) is 4.76. The second-order valence-electron chi connectivity index (χ2n) is 6.04. The zero-order valence-corrected chi connectivity index (χ0v) is 13.3. The van der Waals surface area contributed by atoms with Crippen LogP contribution in [0.25, 0.3) is 11.0 Å². The molecule has 0 saturated carbocycles. The van der Waals surface area contributed by atoms with Crippen LogP contribution in [0.5, 0.6) is 0 Å². The van der Waals surface area contributed by atoms with Crippen molar-refractivity contribution in [3.8, 4) is 0 Å². The number of quaternary nitrogens is 1. The SMILES string of the molecule is CCOC(=O)C1CC[NH+](Cc2coc3ccccc3c2=O)CC1. The predicted octanol–water partition coefficient (Wildman–Crippen LogP) is 1.15. The quantitative estimate of drug-likeness (QED) is 0.860. The fourth-order valence-corrected chi connectivity index (χ4v) is 3.21. The van der Waals surface area contributed by atoms with Crippen LogP contribution in [0.2, 0.25) is 0 Å². The fourth-order valence-electron chi connectivity index (χ4n) is 3.21. The number of piperidine rings is 1. The molecular weight excluding hydrogens is 294 g/mol. The number of carbonyl (C=O) groups excluding carboxylic acids is 1. The monoisotopic (exact) mass is 316 g/mol. The van der Waals surface area contributed by atoms with Gasteiger partial charge in [-0.2, -0.15) is 0 Å². The molecule has 1 aliphatic heterocycles. The minimum atomic E-state index is -0.0863. The number of esters is 1. The van der Waals surface area contributed by atoms with Gasteiger partial charge in [-0.15, -0.1) is 0 Å². The zero-order chi connectivity index (χ0) is 16.2. The van der Waals surface area contributed by atoms with E-state index < -0.39 is 0 Å². The molecule has 5 nitrogen and oxygen atoms in total. The van der Waals surface area contributed by atoms with Gasteiger partial charge in [0.1, 0.15) is 18.4 Å². The van der Waals surface area contributed by atoms with Crippen LogP contribution in [0, 0.1) is 5.92 Å².